The summed E-state index contributed by atoms with van der Waals surface area (Å²) < 4.78 is 32.1. The number of hydrogen-bond acceptors (Lipinski definition) is 5. The number of furan rings is 1. The van der Waals surface area contributed by atoms with Crippen molar-refractivity contribution in [3.05, 3.63) is 83.3 Å². The van der Waals surface area contributed by atoms with Crippen LogP contribution in [0.5, 0.6) is 0 Å². The molecular formula is C18H12N2O4S. The molecule has 0 spiro atoms. The number of nitrogens with zero attached hydrogens (tertiary/aromatic N) is 2. The van der Waals surface area contributed by atoms with Crippen molar-refractivity contribution in [3.8, 4) is 11.1 Å². The second-order valence-electron chi connectivity index (χ2n) is 5.34. The predicted molar refractivity (Wildman–Crippen MR) is 92.7 cm³/mol. The molecule has 0 unspecified atom stereocenters. The molecule has 0 amide bonds. The van der Waals surface area contributed by atoms with Gasteiger partial charge in [0.1, 0.15) is 5.58 Å². The number of benzene rings is 2. The smallest absolute Gasteiger partial charge is 0.320 e. The first-order chi connectivity index (χ1) is 12.1. The second kappa shape index (κ2) is 5.71. The zero-order valence-corrected chi connectivity index (χ0v) is 13.7. The van der Waals surface area contributed by atoms with Crippen LogP contribution < -0.4 is 5.56 Å². The van der Waals surface area contributed by atoms with E-state index in [1.807, 2.05) is 6.07 Å². The van der Waals surface area contributed by atoms with Gasteiger partial charge in [-0.1, -0.05) is 48.5 Å². The third-order valence-electron chi connectivity index (χ3n) is 3.77. The van der Waals surface area contributed by atoms with Crippen molar-refractivity contribution < 1.29 is 12.8 Å². The van der Waals surface area contributed by atoms with Crippen LogP contribution in [0.4, 0.5) is 0 Å². The van der Waals surface area contributed by atoms with Gasteiger partial charge in [-0.25, -0.2) is 0 Å². The zero-order chi connectivity index (χ0) is 17.4. The van der Waals surface area contributed by atoms with E-state index in [0.717, 1.165) is 6.07 Å². The third kappa shape index (κ3) is 2.45. The van der Waals surface area contributed by atoms with Crippen LogP contribution in [0.15, 0.2) is 87.2 Å². The molecule has 2 aromatic carbocycles. The summed E-state index contributed by atoms with van der Waals surface area (Å²) in [7, 11) is -4.28. The Bertz CT molecular complexity index is 1220. The van der Waals surface area contributed by atoms with E-state index in [1.165, 1.54) is 12.3 Å². The monoisotopic (exact) mass is 352 g/mol. The summed E-state index contributed by atoms with van der Waals surface area (Å²) in [6.45, 7) is 0. The molecule has 25 heavy (non-hydrogen) atoms. The van der Waals surface area contributed by atoms with Crippen molar-refractivity contribution in [2.75, 3.05) is 0 Å². The van der Waals surface area contributed by atoms with E-state index in [1.54, 1.807) is 48.5 Å². The van der Waals surface area contributed by atoms with Gasteiger partial charge in [-0.15, -0.1) is 4.09 Å². The Labute approximate surface area is 143 Å². The van der Waals surface area contributed by atoms with Crippen molar-refractivity contribution in [3.63, 3.8) is 0 Å². The van der Waals surface area contributed by atoms with E-state index in [4.69, 9.17) is 4.42 Å². The fourth-order valence-corrected chi connectivity index (χ4v) is 4.00. The summed E-state index contributed by atoms with van der Waals surface area (Å²) in [6.07, 6.45) is 1.24. The van der Waals surface area contributed by atoms with Crippen LogP contribution >= 0.6 is 0 Å². The fourth-order valence-electron chi connectivity index (χ4n) is 2.69. The molecule has 0 radical (unpaired) electrons. The third-order valence-corrected chi connectivity index (χ3v) is 5.26. The predicted octanol–water partition coefficient (Wildman–Crippen LogP) is 2.89. The van der Waals surface area contributed by atoms with Crippen LogP contribution in [-0.2, 0) is 10.0 Å². The highest BCUT2D eigenvalue weighted by molar-refractivity contribution is 7.89. The molecule has 2 aromatic heterocycles. The lowest BCUT2D eigenvalue weighted by molar-refractivity contribution is 0.475. The van der Waals surface area contributed by atoms with E-state index in [0.29, 0.717) is 26.2 Å². The van der Waals surface area contributed by atoms with E-state index in [9.17, 15) is 13.2 Å². The van der Waals surface area contributed by atoms with Gasteiger partial charge in [0.25, 0.3) is 5.56 Å². The number of aromatic nitrogens is 2. The van der Waals surface area contributed by atoms with E-state index in [2.05, 4.69) is 5.10 Å². The number of para-hydroxylation sites is 1. The van der Waals surface area contributed by atoms with E-state index < -0.39 is 15.6 Å². The van der Waals surface area contributed by atoms with Gasteiger partial charge < -0.3 is 4.42 Å². The van der Waals surface area contributed by atoms with E-state index >= 15 is 0 Å². The largest absolute Gasteiger partial charge is 0.442 e. The van der Waals surface area contributed by atoms with Gasteiger partial charge in [0.2, 0.25) is 5.09 Å². The van der Waals surface area contributed by atoms with Gasteiger partial charge in [0.15, 0.2) is 0 Å². The zero-order valence-electron chi connectivity index (χ0n) is 12.9. The van der Waals surface area contributed by atoms with Crippen molar-refractivity contribution in [1.82, 2.24) is 9.19 Å². The normalized spacial score (nSPS) is 11.7. The molecule has 0 fully saturated rings. The highest BCUT2D eigenvalue weighted by Crippen LogP contribution is 2.37. The lowest BCUT2D eigenvalue weighted by Crippen LogP contribution is -2.28. The van der Waals surface area contributed by atoms with Gasteiger partial charge >= 0.3 is 10.0 Å². The van der Waals surface area contributed by atoms with Crippen molar-refractivity contribution in [2.45, 2.75) is 5.09 Å². The average molecular weight is 352 g/mol. The molecular weight excluding hydrogens is 340 g/mol. The summed E-state index contributed by atoms with van der Waals surface area (Å²) in [4.78, 5) is 12.0. The minimum absolute atomic E-state index is 0.305. The van der Waals surface area contributed by atoms with Crippen LogP contribution in [0.2, 0.25) is 0 Å². The molecule has 124 valence electrons. The fraction of sp³-hybridized carbons (Fsp3) is 0. The first-order valence-corrected chi connectivity index (χ1v) is 8.90. The average Bonchev–Trinajstić information content (AvgIpc) is 3.03. The molecule has 0 N–H and O–H groups in total. The minimum atomic E-state index is -4.28. The quantitative estimate of drug-likeness (QED) is 0.566. The maximum atomic E-state index is 13.0. The Morgan fingerprint density at radius 2 is 1.60 bits per heavy atom. The number of rotatable bonds is 3. The summed E-state index contributed by atoms with van der Waals surface area (Å²) in [6, 6.07) is 18.6. The molecule has 0 atom stereocenters. The van der Waals surface area contributed by atoms with Crippen LogP contribution in [0.1, 0.15) is 0 Å². The van der Waals surface area contributed by atoms with Crippen molar-refractivity contribution in [1.29, 1.82) is 0 Å². The lowest BCUT2D eigenvalue weighted by atomic mass is 10.1. The maximum absolute atomic E-state index is 13.0. The van der Waals surface area contributed by atoms with Crippen LogP contribution in [-0.4, -0.2) is 17.6 Å². The first kappa shape index (κ1) is 15.3. The van der Waals surface area contributed by atoms with Crippen molar-refractivity contribution >= 4 is 21.0 Å². The Morgan fingerprint density at radius 3 is 2.36 bits per heavy atom. The van der Waals surface area contributed by atoms with Crippen molar-refractivity contribution in [2.24, 2.45) is 0 Å². The molecule has 0 saturated carbocycles. The number of hydrogen-bond donors (Lipinski definition) is 0. The second-order valence-corrected chi connectivity index (χ2v) is 7.00. The summed E-state index contributed by atoms with van der Waals surface area (Å²) >= 11 is 0. The summed E-state index contributed by atoms with van der Waals surface area (Å²) in [5.41, 5.74) is 0.759. The highest BCUT2D eigenvalue weighted by atomic mass is 32.2. The Morgan fingerprint density at radius 1 is 0.880 bits per heavy atom. The summed E-state index contributed by atoms with van der Waals surface area (Å²) in [5.74, 6) is 0. The van der Waals surface area contributed by atoms with Crippen LogP contribution in [0.3, 0.4) is 0 Å². The molecule has 0 saturated heterocycles. The van der Waals surface area contributed by atoms with Gasteiger partial charge in [-0.2, -0.15) is 13.5 Å². The Kier molecular flexibility index (Phi) is 3.51. The van der Waals surface area contributed by atoms with Gasteiger partial charge in [0, 0.05) is 23.2 Å². The topological polar surface area (TPSA) is 82.2 Å². The molecule has 0 aliphatic heterocycles. The molecule has 0 aliphatic rings. The maximum Gasteiger partial charge on any atom is 0.320 e. The van der Waals surface area contributed by atoms with Gasteiger partial charge in [-0.3, -0.25) is 4.79 Å². The molecule has 0 aliphatic carbocycles. The van der Waals surface area contributed by atoms with Gasteiger partial charge in [0.05, 0.1) is 0 Å². The SMILES string of the molecule is O=c1cccnn1S(=O)(=O)c1oc2ccccc2c1-c1ccccc1. The minimum Gasteiger partial charge on any atom is -0.442 e. The molecule has 2 heterocycles. The molecule has 0 bridgehead atoms. The van der Waals surface area contributed by atoms with E-state index in [-0.39, 0.29) is 5.09 Å². The Hall–Kier alpha value is -3.19. The summed E-state index contributed by atoms with van der Waals surface area (Å²) in [5, 5.41) is 4.03. The standard InChI is InChI=1S/C18H12N2O4S/c21-16-11-6-12-19-20(16)25(22,23)18-17(13-7-2-1-3-8-13)14-9-4-5-10-15(14)24-18/h1-12H. The first-order valence-electron chi connectivity index (χ1n) is 7.46. The highest BCUT2D eigenvalue weighted by Gasteiger charge is 2.30. The van der Waals surface area contributed by atoms with Crippen LogP contribution in [0.25, 0.3) is 22.1 Å². The lowest BCUT2D eigenvalue weighted by Gasteiger charge is -2.06. The Balaban J connectivity index is 2.10. The number of fused-ring (bicyclic) bond motifs is 1. The van der Waals surface area contributed by atoms with Crippen LogP contribution in [0, 0.1) is 0 Å². The molecule has 4 rings (SSSR count). The van der Waals surface area contributed by atoms with Gasteiger partial charge in [-0.05, 0) is 17.7 Å². The molecule has 7 heteroatoms. The molecule has 4 aromatic rings. The molecule has 6 nitrogen and oxygen atoms in total.